The molecule has 1 atom stereocenters. The van der Waals surface area contributed by atoms with Crippen molar-refractivity contribution in [1.29, 1.82) is 0 Å². The summed E-state index contributed by atoms with van der Waals surface area (Å²) in [4.78, 5) is 22.0. The molecule has 1 aliphatic rings. The van der Waals surface area contributed by atoms with Crippen molar-refractivity contribution in [3.63, 3.8) is 0 Å². The van der Waals surface area contributed by atoms with E-state index in [9.17, 15) is 4.79 Å². The number of rotatable bonds is 5. The van der Waals surface area contributed by atoms with Gasteiger partial charge >= 0.3 is 0 Å². The van der Waals surface area contributed by atoms with Crippen LogP contribution in [-0.2, 0) is 4.74 Å². The number of methoxy groups -OCH3 is 1. The quantitative estimate of drug-likeness (QED) is 0.871. The van der Waals surface area contributed by atoms with Crippen LogP contribution in [0.15, 0.2) is 24.3 Å². The molecule has 1 aromatic heterocycles. The topological polar surface area (TPSA) is 80.9 Å². The minimum atomic E-state index is -0.393. The summed E-state index contributed by atoms with van der Waals surface area (Å²) >= 11 is 1.48. The van der Waals surface area contributed by atoms with Crippen molar-refractivity contribution in [1.82, 2.24) is 9.88 Å². The molecule has 8 heteroatoms. The molecule has 3 rings (SSSR count). The molecule has 2 heterocycles. The number of carbonyl (C=O) groups is 1. The van der Waals surface area contributed by atoms with Crippen molar-refractivity contribution in [2.45, 2.75) is 6.23 Å². The molecule has 25 heavy (non-hydrogen) atoms. The lowest BCUT2D eigenvalue weighted by Crippen LogP contribution is -2.41. The Morgan fingerprint density at radius 3 is 3.00 bits per heavy atom. The van der Waals surface area contributed by atoms with Gasteiger partial charge in [0.25, 0.3) is 5.91 Å². The Kier molecular flexibility index (Phi) is 5.22. The first-order valence-corrected chi connectivity index (χ1v) is 8.82. The summed E-state index contributed by atoms with van der Waals surface area (Å²) in [5, 5.41) is 0.769. The molecule has 1 unspecified atom stereocenters. The second-order valence-corrected chi connectivity index (χ2v) is 6.84. The van der Waals surface area contributed by atoms with Gasteiger partial charge in [-0.2, -0.15) is 0 Å². The van der Waals surface area contributed by atoms with Crippen molar-refractivity contribution in [2.75, 3.05) is 45.8 Å². The van der Waals surface area contributed by atoms with Crippen LogP contribution >= 0.6 is 11.3 Å². The molecule has 0 bridgehead atoms. The first kappa shape index (κ1) is 17.7. The molecule has 0 aliphatic carbocycles. The third kappa shape index (κ3) is 3.46. The highest BCUT2D eigenvalue weighted by molar-refractivity contribution is 7.19. The van der Waals surface area contributed by atoms with Crippen LogP contribution in [0.1, 0.15) is 10.5 Å². The molecular formula is C17H22N4O3S. The monoisotopic (exact) mass is 362 g/mol. The Bertz CT molecular complexity index is 762. The SMILES string of the molecule is COc1cccc(-c2sc(N(C)C)nc2C(=O)N2CCOC2CN)c1. The van der Waals surface area contributed by atoms with Gasteiger partial charge in [0, 0.05) is 27.2 Å². The standard InChI is InChI=1S/C17H22N4O3S/c1-20(2)17-19-14(16(22)21-7-8-24-13(21)10-18)15(25-17)11-5-4-6-12(9-11)23-3/h4-6,9,13H,7-8,10,18H2,1-3H3. The lowest BCUT2D eigenvalue weighted by atomic mass is 10.1. The van der Waals surface area contributed by atoms with Crippen LogP contribution in [0.2, 0.25) is 0 Å². The maximum Gasteiger partial charge on any atom is 0.276 e. The fourth-order valence-electron chi connectivity index (χ4n) is 2.69. The van der Waals surface area contributed by atoms with Crippen LogP contribution < -0.4 is 15.4 Å². The van der Waals surface area contributed by atoms with Gasteiger partial charge in [0.1, 0.15) is 17.7 Å². The van der Waals surface area contributed by atoms with Gasteiger partial charge in [0.15, 0.2) is 5.13 Å². The molecule has 0 saturated carbocycles. The van der Waals surface area contributed by atoms with E-state index in [0.717, 1.165) is 21.3 Å². The highest BCUT2D eigenvalue weighted by atomic mass is 32.1. The van der Waals surface area contributed by atoms with Gasteiger partial charge in [-0.15, -0.1) is 0 Å². The number of hydrogen-bond donors (Lipinski definition) is 1. The van der Waals surface area contributed by atoms with Crippen LogP contribution in [0.5, 0.6) is 5.75 Å². The fraction of sp³-hybridized carbons (Fsp3) is 0.412. The highest BCUT2D eigenvalue weighted by Gasteiger charge is 2.33. The second kappa shape index (κ2) is 7.38. The van der Waals surface area contributed by atoms with Crippen molar-refractivity contribution in [3.05, 3.63) is 30.0 Å². The summed E-state index contributed by atoms with van der Waals surface area (Å²) in [7, 11) is 5.44. The van der Waals surface area contributed by atoms with Crippen molar-refractivity contribution in [3.8, 4) is 16.2 Å². The van der Waals surface area contributed by atoms with E-state index in [1.807, 2.05) is 43.3 Å². The molecule has 0 spiro atoms. The number of thiazole rings is 1. The number of hydrogen-bond acceptors (Lipinski definition) is 7. The number of benzene rings is 1. The van der Waals surface area contributed by atoms with Crippen LogP contribution in [0, 0.1) is 0 Å². The lowest BCUT2D eigenvalue weighted by molar-refractivity contribution is 0.0326. The predicted molar refractivity (Wildman–Crippen MR) is 98.3 cm³/mol. The summed E-state index contributed by atoms with van der Waals surface area (Å²) in [6, 6.07) is 7.63. The molecular weight excluding hydrogens is 340 g/mol. The fourth-order valence-corrected chi connectivity index (χ4v) is 3.67. The molecule has 7 nitrogen and oxygen atoms in total. The smallest absolute Gasteiger partial charge is 0.276 e. The zero-order chi connectivity index (χ0) is 18.0. The van der Waals surface area contributed by atoms with Crippen molar-refractivity contribution < 1.29 is 14.3 Å². The molecule has 134 valence electrons. The van der Waals surface area contributed by atoms with Gasteiger partial charge in [-0.1, -0.05) is 23.5 Å². The summed E-state index contributed by atoms with van der Waals surface area (Å²) in [5.41, 5.74) is 7.04. The van der Waals surface area contributed by atoms with Gasteiger partial charge in [-0.25, -0.2) is 4.98 Å². The van der Waals surface area contributed by atoms with Crippen molar-refractivity contribution >= 4 is 22.4 Å². The molecule has 1 aliphatic heterocycles. The van der Waals surface area contributed by atoms with Crippen molar-refractivity contribution in [2.24, 2.45) is 5.73 Å². The zero-order valence-corrected chi connectivity index (χ0v) is 15.4. The normalized spacial score (nSPS) is 17.0. The summed E-state index contributed by atoms with van der Waals surface area (Å²) in [5.74, 6) is 0.579. The minimum absolute atomic E-state index is 0.157. The molecule has 1 aromatic carbocycles. The Hall–Kier alpha value is -2.16. The van der Waals surface area contributed by atoms with E-state index >= 15 is 0 Å². The van der Waals surface area contributed by atoms with E-state index in [1.165, 1.54) is 11.3 Å². The Morgan fingerprint density at radius 1 is 1.52 bits per heavy atom. The largest absolute Gasteiger partial charge is 0.497 e. The average Bonchev–Trinajstić information content (AvgIpc) is 3.28. The van der Waals surface area contributed by atoms with E-state index < -0.39 is 6.23 Å². The van der Waals surface area contributed by atoms with Crippen LogP contribution in [0.4, 0.5) is 5.13 Å². The van der Waals surface area contributed by atoms with E-state index in [-0.39, 0.29) is 12.5 Å². The van der Waals surface area contributed by atoms with E-state index in [0.29, 0.717) is 18.8 Å². The maximum atomic E-state index is 13.1. The lowest BCUT2D eigenvalue weighted by Gasteiger charge is -2.21. The van der Waals surface area contributed by atoms with Gasteiger partial charge in [-0.05, 0) is 17.7 Å². The summed E-state index contributed by atoms with van der Waals surface area (Å²) < 4.78 is 10.8. The molecule has 1 fully saturated rings. The maximum absolute atomic E-state index is 13.1. The number of ether oxygens (including phenoxy) is 2. The zero-order valence-electron chi connectivity index (χ0n) is 14.6. The van der Waals surface area contributed by atoms with E-state index in [1.54, 1.807) is 12.0 Å². The van der Waals surface area contributed by atoms with Crippen LogP contribution in [0.3, 0.4) is 0 Å². The first-order valence-electron chi connectivity index (χ1n) is 8.00. The molecule has 0 radical (unpaired) electrons. The third-order valence-corrected chi connectivity index (χ3v) is 5.26. The number of anilines is 1. The molecule has 1 amide bonds. The van der Waals surface area contributed by atoms with Crippen LogP contribution in [-0.4, -0.2) is 62.9 Å². The minimum Gasteiger partial charge on any atom is -0.497 e. The summed E-state index contributed by atoms with van der Waals surface area (Å²) in [6.45, 7) is 1.28. The van der Waals surface area contributed by atoms with Gasteiger partial charge in [0.2, 0.25) is 0 Å². The Morgan fingerprint density at radius 2 is 2.32 bits per heavy atom. The average molecular weight is 362 g/mol. The predicted octanol–water partition coefficient (Wildman–Crippen LogP) is 1.64. The molecule has 2 N–H and O–H groups in total. The Balaban J connectivity index is 2.04. The number of aromatic nitrogens is 1. The third-order valence-electron chi connectivity index (χ3n) is 3.99. The first-order chi connectivity index (χ1) is 12.0. The number of nitrogens with two attached hydrogens (primary N) is 1. The van der Waals surface area contributed by atoms with E-state index in [2.05, 4.69) is 4.98 Å². The number of nitrogens with zero attached hydrogens (tertiary/aromatic N) is 3. The number of carbonyl (C=O) groups excluding carboxylic acids is 1. The number of amides is 1. The highest BCUT2D eigenvalue weighted by Crippen LogP contribution is 2.36. The van der Waals surface area contributed by atoms with Gasteiger partial charge in [0.05, 0.1) is 18.6 Å². The molecule has 1 saturated heterocycles. The van der Waals surface area contributed by atoms with Gasteiger partial charge in [-0.3, -0.25) is 4.79 Å². The second-order valence-electron chi connectivity index (χ2n) is 5.86. The summed E-state index contributed by atoms with van der Waals surface area (Å²) in [6.07, 6.45) is -0.393. The van der Waals surface area contributed by atoms with Gasteiger partial charge < -0.3 is 25.0 Å². The molecule has 2 aromatic rings. The van der Waals surface area contributed by atoms with Crippen LogP contribution in [0.25, 0.3) is 10.4 Å². The van der Waals surface area contributed by atoms with E-state index in [4.69, 9.17) is 15.2 Å². The Labute approximate surface area is 151 Å².